The highest BCUT2D eigenvalue weighted by Gasteiger charge is 2.24. The minimum atomic E-state index is 0.0710. The van der Waals surface area contributed by atoms with Gasteiger partial charge in [-0.3, -0.25) is 19.2 Å². The lowest BCUT2D eigenvalue weighted by molar-refractivity contribution is -0.117. The van der Waals surface area contributed by atoms with Crippen LogP contribution in [-0.4, -0.2) is 35.8 Å². The number of ether oxygens (including phenoxy) is 2. The summed E-state index contributed by atoms with van der Waals surface area (Å²) in [6, 6.07) is 15.0. The molecule has 4 N–H and O–H groups in total. The summed E-state index contributed by atoms with van der Waals surface area (Å²) in [6.45, 7) is 1.09. The number of anilines is 4. The molecule has 10 rings (SSSR count). The van der Waals surface area contributed by atoms with Gasteiger partial charge in [0.1, 0.15) is 0 Å². The lowest BCUT2D eigenvalue weighted by Crippen LogP contribution is -2.23. The number of carbonyl (C=O) groups excluding carboxylic acids is 4. The summed E-state index contributed by atoms with van der Waals surface area (Å²) in [5, 5.41) is 14.2. The Morgan fingerprint density at radius 1 is 0.500 bits per heavy atom. The number of halogens is 6. The van der Waals surface area contributed by atoms with E-state index in [9.17, 15) is 19.2 Å². The van der Waals surface area contributed by atoms with Gasteiger partial charge in [-0.15, -0.1) is 0 Å². The molecule has 16 heteroatoms. The van der Waals surface area contributed by atoms with Crippen molar-refractivity contribution in [3.63, 3.8) is 0 Å². The van der Waals surface area contributed by atoms with Crippen LogP contribution in [-0.2, 0) is 67.5 Å². The Labute approximate surface area is 398 Å². The van der Waals surface area contributed by atoms with E-state index < -0.39 is 0 Å². The van der Waals surface area contributed by atoms with Gasteiger partial charge in [0.05, 0.1) is 35.5 Å². The summed E-state index contributed by atoms with van der Waals surface area (Å²) in [4.78, 5) is 44.9. The average Bonchev–Trinajstić information content (AvgIpc) is 3.20. The molecule has 4 aromatic carbocycles. The fourth-order valence-electron chi connectivity index (χ4n) is 7.49. The van der Waals surface area contributed by atoms with Gasteiger partial charge in [0, 0.05) is 73.0 Å². The highest BCUT2D eigenvalue weighted by atomic mass is 79.9. The molecular weight excluding hydrogens is 1010 g/mol. The van der Waals surface area contributed by atoms with Crippen LogP contribution in [0.1, 0.15) is 97.6 Å². The number of amides is 4. The number of nitrogens with one attached hydrogen (secondary N) is 4. The van der Waals surface area contributed by atoms with Gasteiger partial charge >= 0.3 is 0 Å². The zero-order chi connectivity index (χ0) is 43.9. The molecule has 0 aromatic heterocycles. The number of hydrogen-bond donors (Lipinski definition) is 4. The third kappa shape index (κ3) is 12.1. The van der Waals surface area contributed by atoms with Gasteiger partial charge in [-0.05, 0) is 172 Å². The summed E-state index contributed by atoms with van der Waals surface area (Å²) in [5.74, 6) is 0.301. The lowest BCUT2D eigenvalue weighted by atomic mass is 9.95. The highest BCUT2D eigenvalue weighted by molar-refractivity contribution is 9.11. The third-order valence-electron chi connectivity index (χ3n) is 11.6. The smallest absolute Gasteiger partial charge is 0.224 e. The van der Waals surface area contributed by atoms with Crippen LogP contribution < -0.4 is 21.3 Å². The second-order valence-corrected chi connectivity index (χ2v) is 19.2. The molecule has 0 radical (unpaired) electrons. The third-order valence-corrected chi connectivity index (χ3v) is 14.9. The summed E-state index contributed by atoms with van der Waals surface area (Å²) >= 11 is 31.1. The number of rotatable bonds is 6. The topological polar surface area (TPSA) is 135 Å². The predicted octanol–water partition coefficient (Wildman–Crippen LogP) is 12.6. The summed E-state index contributed by atoms with van der Waals surface area (Å²) in [7, 11) is 0. The van der Waals surface area contributed by atoms with Crippen molar-refractivity contribution in [2.45, 2.75) is 115 Å². The number of carbonyl (C=O) groups is 4. The first kappa shape index (κ1) is 46.8. The van der Waals surface area contributed by atoms with Gasteiger partial charge in [0.2, 0.25) is 23.6 Å². The van der Waals surface area contributed by atoms with E-state index in [1.807, 2.05) is 42.5 Å². The molecule has 0 atom stereocenters. The van der Waals surface area contributed by atoms with E-state index in [-0.39, 0.29) is 23.6 Å². The number of aryl methyl sites for hydroxylation is 2. The van der Waals surface area contributed by atoms with E-state index in [1.165, 1.54) is 12.8 Å². The first-order valence-corrected chi connectivity index (χ1v) is 23.9. The van der Waals surface area contributed by atoms with Gasteiger partial charge in [-0.25, -0.2) is 0 Å². The Kier molecular flexibility index (Phi) is 16.3. The van der Waals surface area contributed by atoms with Crippen LogP contribution in [0.4, 0.5) is 22.7 Å². The zero-order valence-electron chi connectivity index (χ0n) is 33.8. The second-order valence-electron chi connectivity index (χ2n) is 15.9. The van der Waals surface area contributed by atoms with Gasteiger partial charge in [0.25, 0.3) is 0 Å². The monoisotopic (exact) mass is 1050 g/mol. The molecule has 0 unspecified atom stereocenters. The Morgan fingerprint density at radius 3 is 1.53 bits per heavy atom. The fourth-order valence-corrected chi connectivity index (χ4v) is 9.21. The van der Waals surface area contributed by atoms with Gasteiger partial charge in [-0.2, -0.15) is 0 Å². The van der Waals surface area contributed by atoms with Crippen LogP contribution in [0.15, 0.2) is 57.5 Å². The zero-order valence-corrected chi connectivity index (χ0v) is 40.0. The number of hydrogen-bond acceptors (Lipinski definition) is 6. The summed E-state index contributed by atoms with van der Waals surface area (Å²) in [6.07, 6.45) is 13.1. The van der Waals surface area contributed by atoms with Crippen LogP contribution in [0.3, 0.4) is 0 Å². The predicted molar refractivity (Wildman–Crippen MR) is 254 cm³/mol. The molecule has 0 spiro atoms. The summed E-state index contributed by atoms with van der Waals surface area (Å²) in [5.41, 5.74) is 9.98. The van der Waals surface area contributed by atoms with E-state index in [0.717, 1.165) is 126 Å². The molecule has 0 saturated heterocycles. The minimum Gasteiger partial charge on any atom is -0.373 e. The Morgan fingerprint density at radius 2 is 0.968 bits per heavy atom. The van der Waals surface area contributed by atoms with Crippen molar-refractivity contribution in [1.29, 1.82) is 0 Å². The molecular formula is C46H46Br2Cl4N4O6. The molecule has 4 aromatic rings. The molecule has 4 aliphatic heterocycles. The quantitative estimate of drug-likeness (QED) is 0.152. The number of fused-ring (bicyclic) bond motifs is 4. The minimum absolute atomic E-state index is 0.0710. The maximum atomic E-state index is 11.4. The Bertz CT molecular complexity index is 2360. The van der Waals surface area contributed by atoms with Crippen molar-refractivity contribution in [2.24, 2.45) is 0 Å². The van der Waals surface area contributed by atoms with Gasteiger partial charge in [0.15, 0.2) is 0 Å². The maximum absolute atomic E-state index is 11.4. The van der Waals surface area contributed by atoms with E-state index in [1.54, 1.807) is 6.07 Å². The second kappa shape index (κ2) is 21.7. The van der Waals surface area contributed by atoms with E-state index in [0.29, 0.717) is 61.2 Å². The Hall–Kier alpha value is -3.20. The summed E-state index contributed by atoms with van der Waals surface area (Å²) < 4.78 is 13.3. The lowest BCUT2D eigenvalue weighted by Gasteiger charge is -2.27. The van der Waals surface area contributed by atoms with Crippen LogP contribution in [0.2, 0.25) is 20.1 Å². The van der Waals surface area contributed by atoms with Crippen LogP contribution in [0, 0.1) is 0 Å². The van der Waals surface area contributed by atoms with Crippen LogP contribution >= 0.6 is 78.3 Å². The van der Waals surface area contributed by atoms with E-state index in [2.05, 4.69) is 53.1 Å². The van der Waals surface area contributed by atoms with Gasteiger partial charge < -0.3 is 30.7 Å². The molecule has 2 saturated carbocycles. The first-order chi connectivity index (χ1) is 29.8. The standard InChI is InChI=1S/2C14H16ClNO2.2C9H7BrClNO/c15-12-5-6-13-10(4-7-14(17)16-13)11(12)8-18-9-2-1-3-9;15-12-6-9-4-5-14(17)16-13(9)7-10(12)8-18-11-2-1-3-11;10-9-5-1-4-8(13)12-7(5)3-2-6(9)11;10-6-4-8-5(3-7(6)11)1-2-9(13)12-8/h5-6,9H,1-4,7-8H2,(H,16,17);6-7,11H,1-5,8H2,(H,16,17);2-3H,1,4H2,(H,12,13);3-4H,1-2H2,(H,12,13). The Balaban J connectivity index is 0.000000126. The van der Waals surface area contributed by atoms with Crippen molar-refractivity contribution in [2.75, 3.05) is 21.3 Å². The van der Waals surface area contributed by atoms with E-state index >= 15 is 0 Å². The van der Waals surface area contributed by atoms with Gasteiger partial charge in [-0.1, -0.05) is 46.4 Å². The molecule has 2 fully saturated rings. The van der Waals surface area contributed by atoms with Crippen molar-refractivity contribution in [3.8, 4) is 0 Å². The fraction of sp³-hybridized carbons (Fsp3) is 0.391. The van der Waals surface area contributed by atoms with Crippen molar-refractivity contribution in [1.82, 2.24) is 0 Å². The van der Waals surface area contributed by atoms with Crippen molar-refractivity contribution in [3.05, 3.63) is 111 Å². The molecule has 328 valence electrons. The normalized spacial score (nSPS) is 17.4. The molecule has 10 nitrogen and oxygen atoms in total. The van der Waals surface area contributed by atoms with Crippen molar-refractivity contribution < 1.29 is 28.7 Å². The molecule has 6 aliphatic rings. The largest absolute Gasteiger partial charge is 0.373 e. The molecule has 4 heterocycles. The SMILES string of the molecule is O=C1CCc2c(ccc(Cl)c2Br)N1.O=C1CCc2c(ccc(Cl)c2COC2CCC2)N1.O=C1CCc2cc(Cl)c(Br)cc2N1.O=C1CCc2cc(Cl)c(COC3CCC3)cc2N1. The van der Waals surface area contributed by atoms with Crippen molar-refractivity contribution >= 4 is 125 Å². The van der Waals surface area contributed by atoms with Crippen LogP contribution in [0.25, 0.3) is 0 Å². The maximum Gasteiger partial charge on any atom is 0.224 e. The first-order valence-electron chi connectivity index (χ1n) is 20.8. The molecule has 62 heavy (non-hydrogen) atoms. The highest BCUT2D eigenvalue weighted by Crippen LogP contribution is 2.37. The molecule has 0 bridgehead atoms. The average molecular weight is 1050 g/mol. The number of benzene rings is 4. The van der Waals surface area contributed by atoms with E-state index in [4.69, 9.17) is 55.9 Å². The van der Waals surface area contributed by atoms with Crippen LogP contribution in [0.5, 0.6) is 0 Å². The molecule has 4 amide bonds. The molecule has 2 aliphatic carbocycles.